The van der Waals surface area contributed by atoms with E-state index in [0.29, 0.717) is 11.9 Å². The monoisotopic (exact) mass is 345 g/mol. The predicted molar refractivity (Wildman–Crippen MR) is 98.7 cm³/mol. The molecular weight excluding hydrogens is 326 g/mol. The van der Waals surface area contributed by atoms with Gasteiger partial charge < -0.3 is 9.32 Å². The van der Waals surface area contributed by atoms with Crippen LogP contribution in [0.3, 0.4) is 0 Å². The van der Waals surface area contributed by atoms with E-state index in [2.05, 4.69) is 9.97 Å². The lowest BCUT2D eigenvalue weighted by molar-refractivity contribution is -0.122. The van der Waals surface area contributed by atoms with Crippen LogP contribution in [-0.4, -0.2) is 21.9 Å². The van der Waals surface area contributed by atoms with Crippen LogP contribution in [0.1, 0.15) is 32.3 Å². The van der Waals surface area contributed by atoms with Crippen molar-refractivity contribution in [3.8, 4) is 22.7 Å². The second-order valence-corrected chi connectivity index (χ2v) is 7.54. The molecule has 0 spiro atoms. The Bertz CT molecular complexity index is 1000. The number of amides is 1. The summed E-state index contributed by atoms with van der Waals surface area (Å²) in [5, 5.41) is 0. The molecule has 0 unspecified atom stereocenters. The van der Waals surface area contributed by atoms with Crippen LogP contribution in [-0.2, 0) is 10.2 Å². The molecule has 5 nitrogen and oxygen atoms in total. The van der Waals surface area contributed by atoms with Gasteiger partial charge >= 0.3 is 0 Å². The molecule has 3 aromatic rings. The smallest absolute Gasteiger partial charge is 0.237 e. The fraction of sp³-hybridized carbons (Fsp3) is 0.286. The number of hydrogen-bond donors (Lipinski definition) is 0. The lowest BCUT2D eigenvalue weighted by Gasteiger charge is -2.19. The Kier molecular flexibility index (Phi) is 3.11. The molecule has 1 fully saturated rings. The van der Waals surface area contributed by atoms with Crippen molar-refractivity contribution in [3.05, 3.63) is 54.6 Å². The number of pyridine rings is 1. The third-order valence-corrected chi connectivity index (χ3v) is 5.30. The van der Waals surface area contributed by atoms with E-state index in [-0.39, 0.29) is 5.91 Å². The van der Waals surface area contributed by atoms with E-state index in [1.165, 1.54) is 0 Å². The van der Waals surface area contributed by atoms with Crippen molar-refractivity contribution in [2.24, 2.45) is 0 Å². The number of benzene rings is 1. The molecule has 2 aromatic heterocycles. The van der Waals surface area contributed by atoms with E-state index >= 15 is 0 Å². The summed E-state index contributed by atoms with van der Waals surface area (Å²) >= 11 is 0. The number of anilines is 1. The Morgan fingerprint density at radius 3 is 2.77 bits per heavy atom. The Balaban J connectivity index is 1.57. The normalized spacial score (nSPS) is 18.2. The van der Waals surface area contributed by atoms with Gasteiger partial charge in [-0.2, -0.15) is 0 Å². The number of carbonyl (C=O) groups is 1. The van der Waals surface area contributed by atoms with E-state index in [9.17, 15) is 4.79 Å². The molecule has 0 atom stereocenters. The van der Waals surface area contributed by atoms with Gasteiger partial charge in [-0.05, 0) is 56.5 Å². The zero-order valence-corrected chi connectivity index (χ0v) is 14.8. The van der Waals surface area contributed by atoms with Gasteiger partial charge in [-0.3, -0.25) is 9.78 Å². The summed E-state index contributed by atoms with van der Waals surface area (Å²) in [5.74, 6) is 0.746. The second-order valence-electron chi connectivity index (χ2n) is 7.54. The SMILES string of the molecule is CC1(C)C(=O)N(C2CC2)c2cc(-c3nc(-c4cccnc4)co3)ccc21. The van der Waals surface area contributed by atoms with Crippen molar-refractivity contribution in [2.45, 2.75) is 38.1 Å². The van der Waals surface area contributed by atoms with E-state index in [1.807, 2.05) is 49.1 Å². The van der Waals surface area contributed by atoms with Crippen LogP contribution in [0.4, 0.5) is 5.69 Å². The molecule has 1 aromatic carbocycles. The molecule has 0 N–H and O–H groups in total. The maximum Gasteiger partial charge on any atom is 0.237 e. The van der Waals surface area contributed by atoms with Crippen molar-refractivity contribution in [1.29, 1.82) is 0 Å². The molecule has 5 rings (SSSR count). The number of aromatic nitrogens is 2. The summed E-state index contributed by atoms with van der Waals surface area (Å²) in [6.45, 7) is 4.00. The van der Waals surface area contributed by atoms with Crippen LogP contribution in [0.2, 0.25) is 0 Å². The fourth-order valence-electron chi connectivity index (χ4n) is 3.67. The summed E-state index contributed by atoms with van der Waals surface area (Å²) in [6, 6.07) is 10.2. The average Bonchev–Trinajstić information content (AvgIpc) is 3.31. The van der Waals surface area contributed by atoms with Crippen molar-refractivity contribution >= 4 is 11.6 Å². The lowest BCUT2D eigenvalue weighted by Crippen LogP contribution is -2.37. The highest BCUT2D eigenvalue weighted by Gasteiger charge is 2.49. The van der Waals surface area contributed by atoms with Crippen LogP contribution in [0.5, 0.6) is 0 Å². The van der Waals surface area contributed by atoms with Gasteiger partial charge in [-0.1, -0.05) is 6.07 Å². The topological polar surface area (TPSA) is 59.2 Å². The third kappa shape index (κ3) is 2.20. The van der Waals surface area contributed by atoms with Crippen molar-refractivity contribution in [3.63, 3.8) is 0 Å². The molecule has 1 aliphatic heterocycles. The summed E-state index contributed by atoms with van der Waals surface area (Å²) in [5.41, 5.74) is 4.16. The van der Waals surface area contributed by atoms with Crippen molar-refractivity contribution < 1.29 is 9.21 Å². The van der Waals surface area contributed by atoms with Gasteiger partial charge in [0.1, 0.15) is 12.0 Å². The van der Waals surface area contributed by atoms with E-state index in [1.54, 1.807) is 18.7 Å². The Labute approximate surface area is 151 Å². The lowest BCUT2D eigenvalue weighted by atomic mass is 9.86. The second kappa shape index (κ2) is 5.27. The molecule has 3 heterocycles. The van der Waals surface area contributed by atoms with Gasteiger partial charge in [0.05, 0.1) is 5.41 Å². The molecular formula is C21H19N3O2. The fourth-order valence-corrected chi connectivity index (χ4v) is 3.67. The maximum absolute atomic E-state index is 12.9. The van der Waals surface area contributed by atoms with Crippen LogP contribution in [0, 0.1) is 0 Å². The first-order valence-electron chi connectivity index (χ1n) is 8.90. The molecule has 0 saturated heterocycles. The molecule has 1 amide bonds. The minimum absolute atomic E-state index is 0.190. The van der Waals surface area contributed by atoms with Gasteiger partial charge in [0, 0.05) is 35.2 Å². The van der Waals surface area contributed by atoms with Crippen molar-refractivity contribution in [2.75, 3.05) is 4.90 Å². The number of rotatable bonds is 3. The molecule has 1 aliphatic carbocycles. The zero-order valence-electron chi connectivity index (χ0n) is 14.8. The average molecular weight is 345 g/mol. The van der Waals surface area contributed by atoms with Crippen LogP contribution in [0.25, 0.3) is 22.7 Å². The Morgan fingerprint density at radius 2 is 2.04 bits per heavy atom. The zero-order chi connectivity index (χ0) is 17.9. The molecule has 0 bridgehead atoms. The summed E-state index contributed by atoms with van der Waals surface area (Å²) in [7, 11) is 0. The minimum Gasteiger partial charge on any atom is -0.444 e. The first-order chi connectivity index (χ1) is 12.6. The Hall–Kier alpha value is -2.95. The molecule has 1 saturated carbocycles. The number of hydrogen-bond acceptors (Lipinski definition) is 4. The van der Waals surface area contributed by atoms with Gasteiger partial charge in [0.2, 0.25) is 11.8 Å². The predicted octanol–water partition coefficient (Wildman–Crippen LogP) is 4.19. The number of oxazole rings is 1. The summed E-state index contributed by atoms with van der Waals surface area (Å²) in [4.78, 5) is 23.6. The van der Waals surface area contributed by atoms with Crippen molar-refractivity contribution in [1.82, 2.24) is 9.97 Å². The largest absolute Gasteiger partial charge is 0.444 e. The summed E-state index contributed by atoms with van der Waals surface area (Å²) in [6.07, 6.45) is 7.30. The number of carbonyl (C=O) groups excluding carboxylic acids is 1. The van der Waals surface area contributed by atoms with Gasteiger partial charge in [-0.25, -0.2) is 4.98 Å². The van der Waals surface area contributed by atoms with E-state index in [4.69, 9.17) is 4.42 Å². The highest BCUT2D eigenvalue weighted by molar-refractivity contribution is 6.08. The van der Waals surface area contributed by atoms with Crippen LogP contribution >= 0.6 is 0 Å². The maximum atomic E-state index is 12.9. The minimum atomic E-state index is -0.478. The first-order valence-corrected chi connectivity index (χ1v) is 8.90. The standard InChI is InChI=1S/C21H19N3O2/c1-21(2)16-8-5-13(10-18(16)24(20(21)25)15-6-7-15)19-23-17(12-26-19)14-4-3-9-22-11-14/h3-5,8-12,15H,6-7H2,1-2H3. The first kappa shape index (κ1) is 15.3. The number of fused-ring (bicyclic) bond motifs is 1. The molecule has 5 heteroatoms. The van der Waals surface area contributed by atoms with Crippen LogP contribution in [0.15, 0.2) is 53.4 Å². The number of nitrogens with zero attached hydrogens (tertiary/aromatic N) is 3. The van der Waals surface area contributed by atoms with E-state index < -0.39 is 5.41 Å². The van der Waals surface area contributed by atoms with Gasteiger partial charge in [0.25, 0.3) is 0 Å². The molecule has 26 heavy (non-hydrogen) atoms. The highest BCUT2D eigenvalue weighted by Crippen LogP contribution is 2.47. The quantitative estimate of drug-likeness (QED) is 0.714. The van der Waals surface area contributed by atoms with Gasteiger partial charge in [0.15, 0.2) is 0 Å². The molecule has 130 valence electrons. The highest BCUT2D eigenvalue weighted by atomic mass is 16.3. The molecule has 2 aliphatic rings. The summed E-state index contributed by atoms with van der Waals surface area (Å²) < 4.78 is 5.71. The Morgan fingerprint density at radius 1 is 1.19 bits per heavy atom. The van der Waals surface area contributed by atoms with Crippen LogP contribution < -0.4 is 4.90 Å². The third-order valence-electron chi connectivity index (χ3n) is 5.30. The van der Waals surface area contributed by atoms with Gasteiger partial charge in [-0.15, -0.1) is 0 Å². The molecule has 0 radical (unpaired) electrons. The van der Waals surface area contributed by atoms with E-state index in [0.717, 1.165) is 40.9 Å².